The summed E-state index contributed by atoms with van der Waals surface area (Å²) in [6.07, 6.45) is 0.538. The Balaban J connectivity index is 2.26. The SMILES string of the molecule is Cc1cc(CCC(=O)O)nc(Nc2ccc(C)c(C)c2C)c1. The number of nitrogens with zero attached hydrogens (tertiary/aromatic N) is 1. The number of aromatic nitrogens is 1. The summed E-state index contributed by atoms with van der Waals surface area (Å²) in [4.78, 5) is 15.2. The molecule has 1 aromatic carbocycles. The molecule has 0 unspecified atom stereocenters. The molecule has 0 aliphatic rings. The maximum Gasteiger partial charge on any atom is 0.303 e. The molecular formula is C18H22N2O2. The summed E-state index contributed by atoms with van der Waals surface area (Å²) in [6.45, 7) is 8.29. The fraction of sp³-hybridized carbons (Fsp3) is 0.333. The summed E-state index contributed by atoms with van der Waals surface area (Å²) in [5.74, 6) is -0.0467. The summed E-state index contributed by atoms with van der Waals surface area (Å²) in [6, 6.07) is 8.05. The van der Waals surface area contributed by atoms with E-state index in [1.54, 1.807) is 0 Å². The van der Waals surface area contributed by atoms with Crippen LogP contribution >= 0.6 is 0 Å². The maximum absolute atomic E-state index is 10.7. The molecule has 0 spiro atoms. The van der Waals surface area contributed by atoms with Crippen LogP contribution in [0.25, 0.3) is 0 Å². The highest BCUT2D eigenvalue weighted by molar-refractivity contribution is 5.67. The Morgan fingerprint density at radius 1 is 1.14 bits per heavy atom. The number of aryl methyl sites for hydroxylation is 3. The van der Waals surface area contributed by atoms with Crippen molar-refractivity contribution in [2.75, 3.05) is 5.32 Å². The highest BCUT2D eigenvalue weighted by Gasteiger charge is 2.07. The van der Waals surface area contributed by atoms with Gasteiger partial charge in [0.25, 0.3) is 0 Å². The molecule has 0 atom stereocenters. The van der Waals surface area contributed by atoms with Crippen molar-refractivity contribution in [1.29, 1.82) is 0 Å². The molecule has 22 heavy (non-hydrogen) atoms. The first-order valence-electron chi connectivity index (χ1n) is 7.40. The van der Waals surface area contributed by atoms with Gasteiger partial charge in [0.05, 0.1) is 6.42 Å². The van der Waals surface area contributed by atoms with Crippen molar-refractivity contribution in [3.63, 3.8) is 0 Å². The van der Waals surface area contributed by atoms with Gasteiger partial charge in [-0.1, -0.05) is 6.07 Å². The van der Waals surface area contributed by atoms with Gasteiger partial charge in [0.15, 0.2) is 0 Å². The highest BCUT2D eigenvalue weighted by Crippen LogP contribution is 2.25. The lowest BCUT2D eigenvalue weighted by atomic mass is 10.0. The normalized spacial score (nSPS) is 10.5. The van der Waals surface area contributed by atoms with E-state index in [0.29, 0.717) is 6.42 Å². The Morgan fingerprint density at radius 2 is 1.86 bits per heavy atom. The molecule has 4 nitrogen and oxygen atoms in total. The molecule has 2 N–H and O–H groups in total. The van der Waals surface area contributed by atoms with Crippen LogP contribution in [0.5, 0.6) is 0 Å². The number of carboxylic acid groups (broad SMARTS) is 1. The molecule has 0 aliphatic heterocycles. The number of aliphatic carboxylic acids is 1. The molecule has 1 heterocycles. The number of nitrogens with one attached hydrogen (secondary N) is 1. The molecule has 116 valence electrons. The Kier molecular flexibility index (Phi) is 4.81. The van der Waals surface area contributed by atoms with Crippen molar-refractivity contribution in [3.8, 4) is 0 Å². The summed E-state index contributed by atoms with van der Waals surface area (Å²) < 4.78 is 0. The number of carbonyl (C=O) groups is 1. The molecule has 4 heteroatoms. The second-order valence-corrected chi connectivity index (χ2v) is 5.72. The number of rotatable bonds is 5. The molecule has 1 aromatic heterocycles. The number of anilines is 2. The molecule has 2 aromatic rings. The minimum atomic E-state index is -0.803. The smallest absolute Gasteiger partial charge is 0.303 e. The van der Waals surface area contributed by atoms with Crippen molar-refractivity contribution in [2.45, 2.75) is 40.5 Å². The van der Waals surface area contributed by atoms with Crippen molar-refractivity contribution >= 4 is 17.5 Å². The van der Waals surface area contributed by atoms with Crippen LogP contribution in [0.15, 0.2) is 24.3 Å². The number of carboxylic acids is 1. The highest BCUT2D eigenvalue weighted by atomic mass is 16.4. The second-order valence-electron chi connectivity index (χ2n) is 5.72. The van der Waals surface area contributed by atoms with Crippen LogP contribution in [0, 0.1) is 27.7 Å². The van der Waals surface area contributed by atoms with Gasteiger partial charge in [-0.25, -0.2) is 4.98 Å². The Morgan fingerprint density at radius 3 is 2.55 bits per heavy atom. The van der Waals surface area contributed by atoms with Gasteiger partial charge in [-0.05, 0) is 68.1 Å². The van der Waals surface area contributed by atoms with Crippen LogP contribution in [0.1, 0.15) is 34.4 Å². The average molecular weight is 298 g/mol. The van der Waals surface area contributed by atoms with E-state index >= 15 is 0 Å². The van der Waals surface area contributed by atoms with Crippen LogP contribution < -0.4 is 5.32 Å². The van der Waals surface area contributed by atoms with Gasteiger partial charge in [0.1, 0.15) is 5.82 Å². The first-order valence-corrected chi connectivity index (χ1v) is 7.40. The van der Waals surface area contributed by atoms with Gasteiger partial charge in [0, 0.05) is 17.8 Å². The third-order valence-corrected chi connectivity index (χ3v) is 3.94. The number of hydrogen-bond donors (Lipinski definition) is 2. The van der Waals surface area contributed by atoms with E-state index in [0.717, 1.165) is 22.8 Å². The molecule has 0 radical (unpaired) electrons. The predicted molar refractivity (Wildman–Crippen MR) is 88.9 cm³/mol. The molecule has 0 saturated heterocycles. The Labute approximate surface area is 131 Å². The minimum absolute atomic E-state index is 0.0958. The molecule has 0 aliphatic carbocycles. The van der Waals surface area contributed by atoms with Gasteiger partial charge >= 0.3 is 5.97 Å². The summed E-state index contributed by atoms with van der Waals surface area (Å²) in [7, 11) is 0. The lowest BCUT2D eigenvalue weighted by molar-refractivity contribution is -0.136. The molecule has 0 fully saturated rings. The molecule has 0 saturated carbocycles. The van der Waals surface area contributed by atoms with Gasteiger partial charge in [-0.15, -0.1) is 0 Å². The van der Waals surface area contributed by atoms with E-state index < -0.39 is 5.97 Å². The van der Waals surface area contributed by atoms with Gasteiger partial charge in [-0.2, -0.15) is 0 Å². The third kappa shape index (κ3) is 3.85. The van der Waals surface area contributed by atoms with Gasteiger partial charge in [-0.3, -0.25) is 4.79 Å². The lowest BCUT2D eigenvalue weighted by Gasteiger charge is -2.14. The van der Waals surface area contributed by atoms with E-state index in [9.17, 15) is 4.79 Å². The van der Waals surface area contributed by atoms with E-state index in [1.807, 2.05) is 19.1 Å². The number of benzene rings is 1. The number of pyridine rings is 1. The van der Waals surface area contributed by atoms with Crippen LogP contribution in [0.2, 0.25) is 0 Å². The Hall–Kier alpha value is -2.36. The summed E-state index contributed by atoms with van der Waals surface area (Å²) in [5.41, 5.74) is 6.64. The van der Waals surface area contributed by atoms with Gasteiger partial charge < -0.3 is 10.4 Å². The monoisotopic (exact) mass is 298 g/mol. The van der Waals surface area contributed by atoms with Crippen LogP contribution in [0.3, 0.4) is 0 Å². The largest absolute Gasteiger partial charge is 0.481 e. The zero-order valence-corrected chi connectivity index (χ0v) is 13.5. The van der Waals surface area contributed by atoms with Crippen molar-refractivity contribution in [2.24, 2.45) is 0 Å². The predicted octanol–water partition coefficient (Wildman–Crippen LogP) is 4.08. The second kappa shape index (κ2) is 6.60. The van der Waals surface area contributed by atoms with E-state index in [1.165, 1.54) is 16.7 Å². The quantitative estimate of drug-likeness (QED) is 0.873. The number of hydrogen-bond acceptors (Lipinski definition) is 3. The fourth-order valence-electron chi connectivity index (χ4n) is 2.40. The van der Waals surface area contributed by atoms with Crippen molar-refractivity contribution < 1.29 is 9.90 Å². The minimum Gasteiger partial charge on any atom is -0.481 e. The standard InChI is InChI=1S/C18H22N2O2/c1-11-9-15(6-8-18(21)22)19-17(10-11)20-16-7-5-12(2)13(3)14(16)4/h5,7,9-10H,6,8H2,1-4H3,(H,19,20)(H,21,22). The lowest BCUT2D eigenvalue weighted by Crippen LogP contribution is -2.03. The van der Waals surface area contributed by atoms with E-state index in [-0.39, 0.29) is 6.42 Å². The molecule has 2 rings (SSSR count). The molecule has 0 amide bonds. The van der Waals surface area contributed by atoms with Crippen molar-refractivity contribution in [1.82, 2.24) is 4.98 Å². The van der Waals surface area contributed by atoms with E-state index in [2.05, 4.69) is 43.2 Å². The first kappa shape index (κ1) is 16.0. The fourth-order valence-corrected chi connectivity index (χ4v) is 2.40. The van der Waals surface area contributed by atoms with Gasteiger partial charge in [0.2, 0.25) is 0 Å². The third-order valence-electron chi connectivity index (χ3n) is 3.94. The van der Waals surface area contributed by atoms with Crippen molar-refractivity contribution in [3.05, 3.63) is 52.2 Å². The van der Waals surface area contributed by atoms with Crippen LogP contribution in [-0.2, 0) is 11.2 Å². The average Bonchev–Trinajstić information content (AvgIpc) is 2.45. The van der Waals surface area contributed by atoms with Crippen LogP contribution in [0.4, 0.5) is 11.5 Å². The zero-order chi connectivity index (χ0) is 16.3. The first-order chi connectivity index (χ1) is 10.4. The van der Waals surface area contributed by atoms with Crippen LogP contribution in [-0.4, -0.2) is 16.1 Å². The molecular weight excluding hydrogens is 276 g/mol. The Bertz CT molecular complexity index is 708. The van der Waals surface area contributed by atoms with E-state index in [4.69, 9.17) is 5.11 Å². The zero-order valence-electron chi connectivity index (χ0n) is 13.5. The topological polar surface area (TPSA) is 62.2 Å². The summed E-state index contributed by atoms with van der Waals surface area (Å²) >= 11 is 0. The maximum atomic E-state index is 10.7. The molecule has 0 bridgehead atoms. The summed E-state index contributed by atoms with van der Waals surface area (Å²) in [5, 5.41) is 12.1.